The molecule has 4 rings (SSSR count). The molecule has 1 aliphatic heterocycles. The van der Waals surface area contributed by atoms with E-state index in [-0.39, 0.29) is 22.3 Å². The van der Waals surface area contributed by atoms with Crippen LogP contribution in [0, 0.1) is 10.5 Å². The number of amides is 1. The molecule has 1 aliphatic rings. The van der Waals surface area contributed by atoms with E-state index in [2.05, 4.69) is 5.10 Å². The standard InChI is InChI=1S/C25H21IN2O5S/c1-16-9-11-20(12-10-16)34(30,31)33-24-22(26)14-18(15-23(24)32-3)13-21-17(2)27-28(25(21)29)19-7-5-4-6-8-19/h4-15H,1-3H3/b21-13+. The lowest BCUT2D eigenvalue weighted by Crippen LogP contribution is -2.21. The van der Waals surface area contributed by atoms with Crippen molar-refractivity contribution in [2.24, 2.45) is 5.10 Å². The molecule has 0 aromatic heterocycles. The number of aryl methyl sites for hydroxylation is 1. The van der Waals surface area contributed by atoms with Crippen LogP contribution in [0.15, 0.2) is 82.3 Å². The van der Waals surface area contributed by atoms with Crippen LogP contribution in [0.3, 0.4) is 0 Å². The quantitative estimate of drug-likeness (QED) is 0.225. The monoisotopic (exact) mass is 588 g/mol. The number of halogens is 1. The van der Waals surface area contributed by atoms with Crippen molar-refractivity contribution in [2.75, 3.05) is 12.1 Å². The molecule has 3 aromatic rings. The smallest absolute Gasteiger partial charge is 0.339 e. The molecular formula is C25H21IN2O5S. The number of benzene rings is 3. The third kappa shape index (κ3) is 4.85. The van der Waals surface area contributed by atoms with E-state index >= 15 is 0 Å². The van der Waals surface area contributed by atoms with E-state index < -0.39 is 10.1 Å². The second-order valence-corrected chi connectivity index (χ2v) is 10.3. The largest absolute Gasteiger partial charge is 0.493 e. The number of rotatable bonds is 6. The van der Waals surface area contributed by atoms with E-state index in [4.69, 9.17) is 8.92 Å². The second kappa shape index (κ2) is 9.59. The summed E-state index contributed by atoms with van der Waals surface area (Å²) in [5, 5.41) is 5.74. The van der Waals surface area contributed by atoms with Crippen LogP contribution in [0.5, 0.6) is 11.5 Å². The van der Waals surface area contributed by atoms with Crippen LogP contribution in [-0.4, -0.2) is 27.1 Å². The molecule has 0 N–H and O–H groups in total. The van der Waals surface area contributed by atoms with E-state index in [1.807, 2.05) is 59.8 Å². The fourth-order valence-electron chi connectivity index (χ4n) is 3.36. The fourth-order valence-corrected chi connectivity index (χ4v) is 5.20. The molecule has 1 heterocycles. The molecule has 0 radical (unpaired) electrons. The SMILES string of the molecule is COc1cc(/C=C2/C(=O)N(c3ccccc3)N=C2C)cc(I)c1OS(=O)(=O)c1ccc(C)cc1. The summed E-state index contributed by atoms with van der Waals surface area (Å²) in [6.07, 6.45) is 1.70. The van der Waals surface area contributed by atoms with Gasteiger partial charge in [0.25, 0.3) is 5.91 Å². The van der Waals surface area contributed by atoms with Gasteiger partial charge in [0.15, 0.2) is 11.5 Å². The van der Waals surface area contributed by atoms with Crippen LogP contribution >= 0.6 is 22.6 Å². The highest BCUT2D eigenvalue weighted by Gasteiger charge is 2.29. The van der Waals surface area contributed by atoms with E-state index in [9.17, 15) is 13.2 Å². The molecule has 0 saturated carbocycles. The van der Waals surface area contributed by atoms with Gasteiger partial charge in [-0.25, -0.2) is 0 Å². The second-order valence-electron chi connectivity index (χ2n) is 7.58. The van der Waals surface area contributed by atoms with Crippen molar-refractivity contribution in [3.8, 4) is 11.5 Å². The predicted molar refractivity (Wildman–Crippen MR) is 140 cm³/mol. The van der Waals surface area contributed by atoms with Crippen LogP contribution in [0.1, 0.15) is 18.1 Å². The minimum atomic E-state index is -4.06. The zero-order chi connectivity index (χ0) is 24.5. The lowest BCUT2D eigenvalue weighted by molar-refractivity contribution is -0.114. The maximum atomic E-state index is 13.0. The molecule has 174 valence electrons. The summed E-state index contributed by atoms with van der Waals surface area (Å²) in [6.45, 7) is 3.64. The molecular weight excluding hydrogens is 567 g/mol. The Bertz CT molecular complexity index is 1420. The maximum absolute atomic E-state index is 13.0. The molecule has 0 fully saturated rings. The number of para-hydroxylation sites is 1. The molecule has 9 heteroatoms. The number of nitrogens with zero attached hydrogens (tertiary/aromatic N) is 2. The Balaban J connectivity index is 1.66. The Morgan fingerprint density at radius 1 is 1.00 bits per heavy atom. The summed E-state index contributed by atoms with van der Waals surface area (Å²) in [5.74, 6) is 0.0641. The van der Waals surface area contributed by atoms with Crippen molar-refractivity contribution < 1.29 is 22.1 Å². The van der Waals surface area contributed by atoms with Crippen molar-refractivity contribution in [1.82, 2.24) is 0 Å². The van der Waals surface area contributed by atoms with Gasteiger partial charge in [0.1, 0.15) is 4.90 Å². The first-order valence-electron chi connectivity index (χ1n) is 10.2. The third-order valence-corrected chi connectivity index (χ3v) is 7.17. The number of ether oxygens (including phenoxy) is 1. The van der Waals surface area contributed by atoms with Crippen LogP contribution < -0.4 is 13.9 Å². The molecule has 0 aliphatic carbocycles. The van der Waals surface area contributed by atoms with E-state index in [1.54, 1.807) is 37.3 Å². The fraction of sp³-hybridized carbons (Fsp3) is 0.120. The van der Waals surface area contributed by atoms with Crippen LogP contribution in [0.2, 0.25) is 0 Å². The molecule has 0 spiro atoms. The normalized spacial score (nSPS) is 14.9. The summed E-state index contributed by atoms with van der Waals surface area (Å²) in [5.41, 5.74) is 3.27. The topological polar surface area (TPSA) is 85.3 Å². The Labute approximate surface area is 212 Å². The Morgan fingerprint density at radius 2 is 1.68 bits per heavy atom. The molecule has 0 saturated heterocycles. The molecule has 1 amide bonds. The average molecular weight is 588 g/mol. The summed E-state index contributed by atoms with van der Waals surface area (Å²) in [7, 11) is -2.63. The van der Waals surface area contributed by atoms with Crippen molar-refractivity contribution in [3.05, 3.63) is 87.0 Å². The van der Waals surface area contributed by atoms with Gasteiger partial charge >= 0.3 is 10.1 Å². The number of methoxy groups -OCH3 is 1. The van der Waals surface area contributed by atoms with Gasteiger partial charge in [0, 0.05) is 0 Å². The summed E-state index contributed by atoms with van der Waals surface area (Å²) >= 11 is 1.99. The number of anilines is 1. The molecule has 7 nitrogen and oxygen atoms in total. The Kier molecular flexibility index (Phi) is 6.76. The van der Waals surface area contributed by atoms with Gasteiger partial charge in [-0.15, -0.1) is 0 Å². The first-order valence-corrected chi connectivity index (χ1v) is 12.7. The highest BCUT2D eigenvalue weighted by molar-refractivity contribution is 14.1. The van der Waals surface area contributed by atoms with Crippen LogP contribution in [0.4, 0.5) is 5.69 Å². The summed E-state index contributed by atoms with van der Waals surface area (Å²) in [4.78, 5) is 13.0. The lowest BCUT2D eigenvalue weighted by Gasteiger charge is -2.14. The van der Waals surface area contributed by atoms with Crippen LogP contribution in [0.25, 0.3) is 6.08 Å². The highest BCUT2D eigenvalue weighted by Crippen LogP contribution is 2.37. The molecule has 0 atom stereocenters. The number of hydrazone groups is 1. The van der Waals surface area contributed by atoms with E-state index in [0.717, 1.165) is 5.56 Å². The van der Waals surface area contributed by atoms with Gasteiger partial charge in [-0.1, -0.05) is 35.9 Å². The van der Waals surface area contributed by atoms with Crippen molar-refractivity contribution in [2.45, 2.75) is 18.7 Å². The van der Waals surface area contributed by atoms with Gasteiger partial charge in [0.2, 0.25) is 0 Å². The Hall–Kier alpha value is -3.18. The third-order valence-electron chi connectivity index (χ3n) is 5.13. The first kappa shape index (κ1) is 24.0. The zero-order valence-electron chi connectivity index (χ0n) is 18.7. The molecule has 0 bridgehead atoms. The maximum Gasteiger partial charge on any atom is 0.339 e. The molecule has 3 aromatic carbocycles. The summed E-state index contributed by atoms with van der Waals surface area (Å²) in [6, 6.07) is 18.9. The number of hydrogen-bond donors (Lipinski definition) is 0. The highest BCUT2D eigenvalue weighted by atomic mass is 127. The predicted octanol–water partition coefficient (Wildman–Crippen LogP) is 5.18. The Morgan fingerprint density at radius 3 is 2.32 bits per heavy atom. The first-order chi connectivity index (χ1) is 16.2. The van der Waals surface area contributed by atoms with Crippen molar-refractivity contribution in [1.29, 1.82) is 0 Å². The van der Waals surface area contributed by atoms with Gasteiger partial charge in [-0.05, 0) is 84.5 Å². The van der Waals surface area contributed by atoms with Gasteiger partial charge in [-0.3, -0.25) is 4.79 Å². The lowest BCUT2D eigenvalue weighted by atomic mass is 10.1. The van der Waals surface area contributed by atoms with Gasteiger partial charge in [-0.2, -0.15) is 18.5 Å². The van der Waals surface area contributed by atoms with Gasteiger partial charge in [0.05, 0.1) is 27.7 Å². The number of hydrogen-bond acceptors (Lipinski definition) is 6. The minimum Gasteiger partial charge on any atom is -0.493 e. The zero-order valence-corrected chi connectivity index (χ0v) is 21.6. The van der Waals surface area contributed by atoms with Gasteiger partial charge < -0.3 is 8.92 Å². The number of carbonyl (C=O) groups is 1. The van der Waals surface area contributed by atoms with E-state index in [0.29, 0.717) is 26.1 Å². The number of carbonyl (C=O) groups excluding carboxylic acids is 1. The average Bonchev–Trinajstić information content (AvgIpc) is 3.09. The van der Waals surface area contributed by atoms with Crippen molar-refractivity contribution >= 4 is 56.1 Å². The minimum absolute atomic E-state index is 0.0477. The van der Waals surface area contributed by atoms with E-state index in [1.165, 1.54) is 24.3 Å². The summed E-state index contributed by atoms with van der Waals surface area (Å²) < 4.78 is 37.0. The molecule has 0 unspecified atom stereocenters. The van der Waals surface area contributed by atoms with Crippen LogP contribution in [-0.2, 0) is 14.9 Å². The van der Waals surface area contributed by atoms with Crippen molar-refractivity contribution in [3.63, 3.8) is 0 Å². The molecule has 34 heavy (non-hydrogen) atoms.